The van der Waals surface area contributed by atoms with E-state index in [1.54, 1.807) is 4.90 Å². The van der Waals surface area contributed by atoms with Crippen LogP contribution < -0.4 is 0 Å². The molecule has 2 aromatic rings. The van der Waals surface area contributed by atoms with Crippen molar-refractivity contribution in [1.82, 2.24) is 30.0 Å². The van der Waals surface area contributed by atoms with Gasteiger partial charge in [0, 0.05) is 38.3 Å². The highest BCUT2D eigenvalue weighted by Crippen LogP contribution is 2.12. The largest absolute Gasteiger partial charge is 0.469 e. The molecule has 3 rings (SSSR count). The topological polar surface area (TPSA) is 93.5 Å². The van der Waals surface area contributed by atoms with Crippen LogP contribution in [0.3, 0.4) is 0 Å². The van der Waals surface area contributed by atoms with Gasteiger partial charge >= 0.3 is 5.97 Å². The molecule has 0 unspecified atom stereocenters. The maximum Gasteiger partial charge on any atom is 0.306 e. The van der Waals surface area contributed by atoms with Crippen LogP contribution in [-0.4, -0.2) is 81.7 Å². The van der Waals surface area contributed by atoms with Crippen molar-refractivity contribution >= 4 is 11.9 Å². The molecule has 1 amide bonds. The Kier molecular flexibility index (Phi) is 5.90. The first-order chi connectivity index (χ1) is 12.7. The van der Waals surface area contributed by atoms with E-state index in [0.717, 1.165) is 18.7 Å². The second-order valence-corrected chi connectivity index (χ2v) is 6.06. The van der Waals surface area contributed by atoms with Gasteiger partial charge in [-0.1, -0.05) is 30.3 Å². The number of nitrogens with zero attached hydrogens (tertiary/aromatic N) is 6. The summed E-state index contributed by atoms with van der Waals surface area (Å²) < 4.78 is 4.65. The number of aromatic nitrogens is 4. The lowest BCUT2D eigenvalue weighted by atomic mass is 10.2. The number of benzene rings is 1. The summed E-state index contributed by atoms with van der Waals surface area (Å²) in [6.07, 6.45) is 0.371. The average molecular weight is 358 g/mol. The molecule has 2 heterocycles. The van der Waals surface area contributed by atoms with Crippen molar-refractivity contribution in [2.24, 2.45) is 0 Å². The summed E-state index contributed by atoms with van der Waals surface area (Å²) in [4.78, 5) is 28.9. The third-order valence-electron chi connectivity index (χ3n) is 4.35. The number of amides is 1. The fourth-order valence-corrected chi connectivity index (χ4v) is 2.81. The molecule has 9 nitrogen and oxygen atoms in total. The molecule has 9 heteroatoms. The smallest absolute Gasteiger partial charge is 0.306 e. The average Bonchev–Trinajstić information content (AvgIpc) is 3.15. The van der Waals surface area contributed by atoms with Gasteiger partial charge in [-0.25, -0.2) is 0 Å². The molecule has 0 aliphatic carbocycles. The molecule has 0 atom stereocenters. The van der Waals surface area contributed by atoms with Crippen molar-refractivity contribution < 1.29 is 14.3 Å². The molecule has 1 aromatic carbocycles. The molecule has 138 valence electrons. The Morgan fingerprint density at radius 3 is 2.54 bits per heavy atom. The summed E-state index contributed by atoms with van der Waals surface area (Å²) in [5, 5.41) is 12.2. The minimum Gasteiger partial charge on any atom is -0.469 e. The highest BCUT2D eigenvalue weighted by molar-refractivity contribution is 5.76. The Bertz CT molecular complexity index is 740. The summed E-state index contributed by atoms with van der Waals surface area (Å²) in [5.41, 5.74) is 0.866. The zero-order chi connectivity index (χ0) is 18.4. The van der Waals surface area contributed by atoms with Crippen LogP contribution in [0.1, 0.15) is 6.42 Å². The number of ether oxygens (including phenoxy) is 1. The van der Waals surface area contributed by atoms with E-state index in [4.69, 9.17) is 0 Å². The van der Waals surface area contributed by atoms with Crippen LogP contribution in [0, 0.1) is 0 Å². The second kappa shape index (κ2) is 8.52. The number of methoxy groups -OCH3 is 1. The van der Waals surface area contributed by atoms with Crippen molar-refractivity contribution in [1.29, 1.82) is 0 Å². The van der Waals surface area contributed by atoms with Crippen LogP contribution in [0.5, 0.6) is 0 Å². The van der Waals surface area contributed by atoms with Gasteiger partial charge in [-0.3, -0.25) is 14.5 Å². The molecule has 1 fully saturated rings. The number of carbonyl (C=O) groups is 2. The molecule has 1 aliphatic heterocycles. The lowest BCUT2D eigenvalue weighted by molar-refractivity contribution is -0.141. The van der Waals surface area contributed by atoms with Crippen molar-refractivity contribution in [3.63, 3.8) is 0 Å². The molecule has 1 aromatic heterocycles. The fraction of sp³-hybridized carbons (Fsp3) is 0.471. The number of hydrogen-bond donors (Lipinski definition) is 0. The van der Waals surface area contributed by atoms with Gasteiger partial charge in [0.2, 0.25) is 11.7 Å². The Morgan fingerprint density at radius 2 is 1.85 bits per heavy atom. The molecular weight excluding hydrogens is 336 g/mol. The van der Waals surface area contributed by atoms with Gasteiger partial charge in [-0.2, -0.15) is 4.80 Å². The number of tetrazole rings is 1. The van der Waals surface area contributed by atoms with E-state index >= 15 is 0 Å². The van der Waals surface area contributed by atoms with Crippen LogP contribution in [0.25, 0.3) is 11.4 Å². The molecule has 1 saturated heterocycles. The van der Waals surface area contributed by atoms with Gasteiger partial charge in [0.25, 0.3) is 0 Å². The van der Waals surface area contributed by atoms with Crippen LogP contribution in [-0.2, 0) is 20.9 Å². The number of rotatable bonds is 6. The van der Waals surface area contributed by atoms with E-state index in [9.17, 15) is 9.59 Å². The van der Waals surface area contributed by atoms with Crippen molar-refractivity contribution in [2.45, 2.75) is 13.0 Å². The number of esters is 1. The SMILES string of the molecule is COC(=O)CCN1CCN(C(=O)Cn2nnc(-c3ccccc3)n2)CC1. The fourth-order valence-electron chi connectivity index (χ4n) is 2.81. The zero-order valence-corrected chi connectivity index (χ0v) is 14.7. The summed E-state index contributed by atoms with van der Waals surface area (Å²) in [6, 6.07) is 9.53. The van der Waals surface area contributed by atoms with Gasteiger partial charge in [0.15, 0.2) is 0 Å². The minimum atomic E-state index is -0.213. The summed E-state index contributed by atoms with van der Waals surface area (Å²) in [6.45, 7) is 3.45. The number of hydrogen-bond acceptors (Lipinski definition) is 7. The monoisotopic (exact) mass is 358 g/mol. The van der Waals surface area contributed by atoms with Gasteiger partial charge in [-0.15, -0.1) is 10.2 Å². The Morgan fingerprint density at radius 1 is 1.12 bits per heavy atom. The van der Waals surface area contributed by atoms with Gasteiger partial charge in [0.1, 0.15) is 6.54 Å². The van der Waals surface area contributed by atoms with E-state index in [0.29, 0.717) is 31.9 Å². The maximum atomic E-state index is 12.4. The van der Waals surface area contributed by atoms with Crippen LogP contribution in [0.4, 0.5) is 0 Å². The van der Waals surface area contributed by atoms with Gasteiger partial charge in [0.05, 0.1) is 13.5 Å². The first kappa shape index (κ1) is 18.0. The summed E-state index contributed by atoms with van der Waals surface area (Å²) in [5.74, 6) is 0.260. The van der Waals surface area contributed by atoms with Crippen molar-refractivity contribution in [3.05, 3.63) is 30.3 Å². The number of carbonyl (C=O) groups excluding carboxylic acids is 2. The number of piperazine rings is 1. The van der Waals surface area contributed by atoms with E-state index in [2.05, 4.69) is 25.0 Å². The van der Waals surface area contributed by atoms with Crippen LogP contribution in [0.2, 0.25) is 0 Å². The second-order valence-electron chi connectivity index (χ2n) is 6.06. The zero-order valence-electron chi connectivity index (χ0n) is 14.7. The molecule has 1 aliphatic rings. The summed E-state index contributed by atoms with van der Waals surface area (Å²) in [7, 11) is 1.39. The lowest BCUT2D eigenvalue weighted by Crippen LogP contribution is -2.50. The third kappa shape index (κ3) is 4.63. The highest BCUT2D eigenvalue weighted by atomic mass is 16.5. The first-order valence-corrected chi connectivity index (χ1v) is 8.56. The quantitative estimate of drug-likeness (QED) is 0.674. The third-order valence-corrected chi connectivity index (χ3v) is 4.35. The molecule has 0 bridgehead atoms. The van der Waals surface area contributed by atoms with E-state index in [1.165, 1.54) is 11.9 Å². The molecular formula is C17H22N6O3. The van der Waals surface area contributed by atoms with Crippen LogP contribution in [0.15, 0.2) is 30.3 Å². The Labute approximate surface area is 151 Å². The molecule has 0 saturated carbocycles. The van der Waals surface area contributed by atoms with Gasteiger partial charge in [-0.05, 0) is 5.21 Å². The molecule has 0 N–H and O–H groups in total. The van der Waals surface area contributed by atoms with E-state index < -0.39 is 0 Å². The predicted molar refractivity (Wildman–Crippen MR) is 92.9 cm³/mol. The Hall–Kier alpha value is -2.81. The van der Waals surface area contributed by atoms with E-state index in [1.807, 2.05) is 30.3 Å². The standard InChI is InChI=1S/C17H22N6O3/c1-26-16(25)7-8-21-9-11-22(12-10-21)15(24)13-23-19-17(18-20-23)14-5-3-2-4-6-14/h2-6H,7-13H2,1H3. The summed E-state index contributed by atoms with van der Waals surface area (Å²) >= 11 is 0. The normalized spacial score (nSPS) is 15.0. The van der Waals surface area contributed by atoms with Crippen molar-refractivity contribution in [2.75, 3.05) is 39.8 Å². The van der Waals surface area contributed by atoms with Gasteiger partial charge < -0.3 is 9.64 Å². The minimum absolute atomic E-state index is 0.0328. The molecule has 0 radical (unpaired) electrons. The maximum absolute atomic E-state index is 12.4. The van der Waals surface area contributed by atoms with Crippen LogP contribution >= 0.6 is 0 Å². The predicted octanol–water partition coefficient (Wildman–Crippen LogP) is 0.0474. The first-order valence-electron chi connectivity index (χ1n) is 8.56. The lowest BCUT2D eigenvalue weighted by Gasteiger charge is -2.34. The van der Waals surface area contributed by atoms with E-state index in [-0.39, 0.29) is 18.4 Å². The molecule has 26 heavy (non-hydrogen) atoms. The Balaban J connectivity index is 1.47. The highest BCUT2D eigenvalue weighted by Gasteiger charge is 2.22. The molecule has 0 spiro atoms. The van der Waals surface area contributed by atoms with Crippen molar-refractivity contribution in [3.8, 4) is 11.4 Å².